The number of alkyl halides is 4. The average Bonchev–Trinajstić information content (AvgIpc) is 2.79. The number of ether oxygens (including phenoxy) is 1. The van der Waals surface area contributed by atoms with E-state index in [1.807, 2.05) is 54.6 Å². The smallest absolute Gasteiger partial charge is 0.418 e. The van der Waals surface area contributed by atoms with Crippen LogP contribution in [0, 0.1) is 0 Å². The summed E-state index contributed by atoms with van der Waals surface area (Å²) >= 11 is 3.38. The Labute approximate surface area is 193 Å². The second-order valence-electron chi connectivity index (χ2n) is 7.44. The van der Waals surface area contributed by atoms with E-state index in [1.165, 1.54) is 6.07 Å². The standard InChI is InChI=1S/C26H21BrF3NO/c27-14-5-15-32-21-12-10-19(11-13-21)24-20(16-18-6-2-1-3-7-18)17-31-25-22(24)8-4-9-23(25)26(28,29)30/h1-4,6-13,17H,5,14-16H2. The number of halogens is 4. The maximum atomic E-state index is 13.6. The Hall–Kier alpha value is -2.86. The first-order valence-corrected chi connectivity index (χ1v) is 11.4. The van der Waals surface area contributed by atoms with Crippen LogP contribution in [-0.4, -0.2) is 16.9 Å². The van der Waals surface area contributed by atoms with Gasteiger partial charge in [-0.3, -0.25) is 4.98 Å². The number of rotatable bonds is 7. The van der Waals surface area contributed by atoms with E-state index in [4.69, 9.17) is 4.74 Å². The first-order valence-electron chi connectivity index (χ1n) is 10.3. The predicted octanol–water partition coefficient (Wildman–Crippen LogP) is 7.68. The van der Waals surface area contributed by atoms with E-state index >= 15 is 0 Å². The van der Waals surface area contributed by atoms with Crippen molar-refractivity contribution in [1.82, 2.24) is 4.98 Å². The molecule has 0 aliphatic heterocycles. The van der Waals surface area contributed by atoms with Gasteiger partial charge in [-0.25, -0.2) is 0 Å². The lowest BCUT2D eigenvalue weighted by Gasteiger charge is -2.17. The molecule has 1 heterocycles. The molecule has 0 bridgehead atoms. The fraction of sp³-hybridized carbons (Fsp3) is 0.192. The number of hydrogen-bond acceptors (Lipinski definition) is 2. The molecule has 0 saturated heterocycles. The Morgan fingerprint density at radius 3 is 2.31 bits per heavy atom. The van der Waals surface area contributed by atoms with E-state index in [0.717, 1.165) is 45.8 Å². The molecule has 0 radical (unpaired) electrons. The summed E-state index contributed by atoms with van der Waals surface area (Å²) in [5.74, 6) is 0.730. The van der Waals surface area contributed by atoms with E-state index in [2.05, 4.69) is 20.9 Å². The molecule has 3 aromatic carbocycles. The minimum absolute atomic E-state index is 0.0375. The Morgan fingerprint density at radius 2 is 1.62 bits per heavy atom. The van der Waals surface area contributed by atoms with Crippen molar-refractivity contribution >= 4 is 26.8 Å². The van der Waals surface area contributed by atoms with Crippen LogP contribution in [0.1, 0.15) is 23.1 Å². The molecule has 0 unspecified atom stereocenters. The number of benzene rings is 3. The molecule has 0 amide bonds. The molecule has 4 rings (SSSR count). The topological polar surface area (TPSA) is 22.1 Å². The lowest BCUT2D eigenvalue weighted by atomic mass is 9.92. The summed E-state index contributed by atoms with van der Waals surface area (Å²) in [6, 6.07) is 21.6. The van der Waals surface area contributed by atoms with Crippen LogP contribution < -0.4 is 4.74 Å². The highest BCUT2D eigenvalue weighted by molar-refractivity contribution is 9.09. The normalized spacial score (nSPS) is 11.6. The molecule has 1 aromatic heterocycles. The van der Waals surface area contributed by atoms with Gasteiger partial charge in [-0.05, 0) is 53.3 Å². The third kappa shape index (κ3) is 4.96. The number of hydrogen-bond donors (Lipinski definition) is 0. The van der Waals surface area contributed by atoms with Crippen LogP contribution in [0.15, 0.2) is 79.0 Å². The van der Waals surface area contributed by atoms with Crippen LogP contribution in [0.3, 0.4) is 0 Å². The van der Waals surface area contributed by atoms with Gasteiger partial charge >= 0.3 is 6.18 Å². The summed E-state index contributed by atoms with van der Waals surface area (Å²) in [6.45, 7) is 0.594. The second kappa shape index (κ2) is 9.74. The minimum Gasteiger partial charge on any atom is -0.494 e. The molecule has 0 aliphatic carbocycles. The maximum Gasteiger partial charge on any atom is 0.418 e. The average molecular weight is 500 g/mol. The van der Waals surface area contributed by atoms with Crippen molar-refractivity contribution in [2.24, 2.45) is 0 Å². The molecule has 4 aromatic rings. The molecular formula is C26H21BrF3NO. The second-order valence-corrected chi connectivity index (χ2v) is 8.23. The van der Waals surface area contributed by atoms with Crippen molar-refractivity contribution in [1.29, 1.82) is 0 Å². The highest BCUT2D eigenvalue weighted by Crippen LogP contribution is 2.39. The molecule has 0 saturated carbocycles. The van der Waals surface area contributed by atoms with Crippen molar-refractivity contribution < 1.29 is 17.9 Å². The quantitative estimate of drug-likeness (QED) is 0.192. The van der Waals surface area contributed by atoms with Crippen molar-refractivity contribution in [3.8, 4) is 16.9 Å². The lowest BCUT2D eigenvalue weighted by molar-refractivity contribution is -0.136. The molecule has 0 fully saturated rings. The number of fused-ring (bicyclic) bond motifs is 1. The van der Waals surface area contributed by atoms with Crippen molar-refractivity contribution in [3.05, 3.63) is 95.7 Å². The van der Waals surface area contributed by atoms with Gasteiger partial charge in [0, 0.05) is 16.9 Å². The Bertz CT molecular complexity index is 1190. The summed E-state index contributed by atoms with van der Waals surface area (Å²) in [5.41, 5.74) is 2.77. The summed E-state index contributed by atoms with van der Waals surface area (Å²) in [5, 5.41) is 1.35. The van der Waals surface area contributed by atoms with Gasteiger partial charge in [0.25, 0.3) is 0 Å². The Balaban J connectivity index is 1.84. The minimum atomic E-state index is -4.47. The van der Waals surface area contributed by atoms with Crippen LogP contribution in [0.25, 0.3) is 22.0 Å². The number of pyridine rings is 1. The van der Waals surface area contributed by atoms with Crippen LogP contribution in [0.5, 0.6) is 5.75 Å². The third-order valence-electron chi connectivity index (χ3n) is 5.21. The lowest BCUT2D eigenvalue weighted by Crippen LogP contribution is -2.07. The van der Waals surface area contributed by atoms with E-state index in [0.29, 0.717) is 18.4 Å². The number of aromatic nitrogens is 1. The van der Waals surface area contributed by atoms with Crippen LogP contribution in [0.4, 0.5) is 13.2 Å². The Morgan fingerprint density at radius 1 is 0.875 bits per heavy atom. The van der Waals surface area contributed by atoms with Gasteiger partial charge in [0.1, 0.15) is 5.75 Å². The molecule has 0 spiro atoms. The van der Waals surface area contributed by atoms with Gasteiger partial charge < -0.3 is 4.74 Å². The number of para-hydroxylation sites is 1. The third-order valence-corrected chi connectivity index (χ3v) is 5.77. The van der Waals surface area contributed by atoms with E-state index in [9.17, 15) is 13.2 Å². The van der Waals surface area contributed by atoms with Gasteiger partial charge in [-0.2, -0.15) is 13.2 Å². The zero-order chi connectivity index (χ0) is 22.6. The molecule has 164 valence electrons. The van der Waals surface area contributed by atoms with Gasteiger partial charge in [0.05, 0.1) is 17.7 Å². The van der Waals surface area contributed by atoms with Gasteiger partial charge in [0.15, 0.2) is 0 Å². The van der Waals surface area contributed by atoms with Crippen molar-refractivity contribution in [2.45, 2.75) is 19.0 Å². The molecule has 6 heteroatoms. The highest BCUT2D eigenvalue weighted by atomic mass is 79.9. The highest BCUT2D eigenvalue weighted by Gasteiger charge is 2.33. The van der Waals surface area contributed by atoms with Crippen molar-refractivity contribution in [2.75, 3.05) is 11.9 Å². The van der Waals surface area contributed by atoms with Crippen LogP contribution in [0.2, 0.25) is 0 Å². The molecular weight excluding hydrogens is 479 g/mol. The molecule has 2 nitrogen and oxygen atoms in total. The van der Waals surface area contributed by atoms with Crippen molar-refractivity contribution in [3.63, 3.8) is 0 Å². The summed E-state index contributed by atoms with van der Waals surface area (Å²) in [6.07, 6.45) is -1.45. The molecule has 0 atom stereocenters. The summed E-state index contributed by atoms with van der Waals surface area (Å²) < 4.78 is 46.6. The molecule has 32 heavy (non-hydrogen) atoms. The molecule has 0 aliphatic rings. The Kier molecular flexibility index (Phi) is 6.80. The fourth-order valence-corrected chi connectivity index (χ4v) is 3.98. The maximum absolute atomic E-state index is 13.6. The number of nitrogens with zero attached hydrogens (tertiary/aromatic N) is 1. The van der Waals surface area contributed by atoms with Gasteiger partial charge in [0.2, 0.25) is 0 Å². The zero-order valence-electron chi connectivity index (χ0n) is 17.2. The summed E-state index contributed by atoms with van der Waals surface area (Å²) in [4.78, 5) is 4.25. The zero-order valence-corrected chi connectivity index (χ0v) is 18.8. The van der Waals surface area contributed by atoms with Gasteiger partial charge in [-0.1, -0.05) is 70.5 Å². The largest absolute Gasteiger partial charge is 0.494 e. The van der Waals surface area contributed by atoms with Gasteiger partial charge in [-0.15, -0.1) is 0 Å². The first-order chi connectivity index (χ1) is 15.5. The summed E-state index contributed by atoms with van der Waals surface area (Å²) in [7, 11) is 0. The van der Waals surface area contributed by atoms with Crippen LogP contribution >= 0.6 is 15.9 Å². The first kappa shape index (κ1) is 22.3. The predicted molar refractivity (Wildman–Crippen MR) is 125 cm³/mol. The van der Waals surface area contributed by atoms with Crippen LogP contribution in [-0.2, 0) is 12.6 Å². The van der Waals surface area contributed by atoms with E-state index < -0.39 is 11.7 Å². The fourth-order valence-electron chi connectivity index (χ4n) is 3.75. The van der Waals surface area contributed by atoms with E-state index in [-0.39, 0.29) is 5.52 Å². The monoisotopic (exact) mass is 499 g/mol. The van der Waals surface area contributed by atoms with E-state index in [1.54, 1.807) is 12.3 Å². The molecule has 0 N–H and O–H groups in total. The SMILES string of the molecule is FC(F)(F)c1cccc2c(-c3ccc(OCCCBr)cc3)c(Cc3ccccc3)cnc12.